The van der Waals surface area contributed by atoms with Crippen molar-refractivity contribution in [2.75, 3.05) is 11.8 Å². The number of methoxy groups -OCH3 is 1. The Labute approximate surface area is 113 Å². The lowest BCUT2D eigenvalue weighted by molar-refractivity contribution is 0.415. The fraction of sp³-hybridized carbons (Fsp3) is 0.143. The summed E-state index contributed by atoms with van der Waals surface area (Å²) in [6, 6.07) is 13.6. The van der Waals surface area contributed by atoms with Gasteiger partial charge in [-0.1, -0.05) is 18.2 Å². The van der Waals surface area contributed by atoms with Crippen molar-refractivity contribution >= 4 is 15.7 Å². The highest BCUT2D eigenvalue weighted by Crippen LogP contribution is 2.20. The van der Waals surface area contributed by atoms with Crippen molar-refractivity contribution in [1.29, 1.82) is 0 Å². The number of hydrogen-bond acceptors (Lipinski definition) is 3. The van der Waals surface area contributed by atoms with Gasteiger partial charge >= 0.3 is 0 Å². The first-order valence-corrected chi connectivity index (χ1v) is 7.24. The Kier molecular flexibility index (Phi) is 3.76. The summed E-state index contributed by atoms with van der Waals surface area (Å²) in [5.41, 5.74) is 1.22. The largest absolute Gasteiger partial charge is 0.497 e. The molecule has 1 N–H and O–H groups in total. The molecule has 0 amide bonds. The van der Waals surface area contributed by atoms with Crippen LogP contribution in [0.15, 0.2) is 53.4 Å². The highest BCUT2D eigenvalue weighted by molar-refractivity contribution is 7.92. The summed E-state index contributed by atoms with van der Waals surface area (Å²) < 4.78 is 32.0. The van der Waals surface area contributed by atoms with Crippen LogP contribution in [-0.4, -0.2) is 15.5 Å². The Bertz CT molecular complexity index is 663. The van der Waals surface area contributed by atoms with Gasteiger partial charge in [-0.3, -0.25) is 4.72 Å². The van der Waals surface area contributed by atoms with E-state index in [-0.39, 0.29) is 4.90 Å². The van der Waals surface area contributed by atoms with Crippen LogP contribution in [0, 0.1) is 6.92 Å². The number of nitrogens with one attached hydrogen (secondary N) is 1. The Morgan fingerprint density at radius 2 is 1.63 bits per heavy atom. The lowest BCUT2D eigenvalue weighted by Gasteiger charge is -2.10. The first kappa shape index (κ1) is 13.4. The summed E-state index contributed by atoms with van der Waals surface area (Å²) in [6.07, 6.45) is 0. The molecule has 0 aliphatic heterocycles. The molecule has 0 saturated carbocycles. The van der Waals surface area contributed by atoms with Crippen molar-refractivity contribution in [3.8, 4) is 5.75 Å². The molecule has 100 valence electrons. The maximum absolute atomic E-state index is 12.2. The van der Waals surface area contributed by atoms with Crippen LogP contribution in [0.1, 0.15) is 5.56 Å². The minimum Gasteiger partial charge on any atom is -0.497 e. The zero-order chi connectivity index (χ0) is 13.9. The molecule has 5 heteroatoms. The molecule has 2 aromatic rings. The van der Waals surface area contributed by atoms with E-state index in [9.17, 15) is 8.42 Å². The quantitative estimate of drug-likeness (QED) is 0.935. The van der Waals surface area contributed by atoms with Gasteiger partial charge < -0.3 is 4.74 Å². The molecule has 0 saturated heterocycles. The number of anilines is 1. The second-order valence-corrected chi connectivity index (χ2v) is 5.75. The molecule has 0 spiro atoms. The van der Waals surface area contributed by atoms with E-state index in [0.717, 1.165) is 0 Å². The van der Waals surface area contributed by atoms with Gasteiger partial charge in [0.2, 0.25) is 0 Å². The molecule has 0 heterocycles. The van der Waals surface area contributed by atoms with Gasteiger partial charge in [0.05, 0.1) is 12.0 Å². The lowest BCUT2D eigenvalue weighted by atomic mass is 10.2. The molecule has 0 fully saturated rings. The normalized spacial score (nSPS) is 11.1. The van der Waals surface area contributed by atoms with Crippen LogP contribution in [0.5, 0.6) is 5.75 Å². The molecule has 0 atom stereocenters. The second-order valence-electron chi connectivity index (χ2n) is 4.10. The summed E-state index contributed by atoms with van der Waals surface area (Å²) >= 11 is 0. The monoisotopic (exact) mass is 277 g/mol. The standard InChI is InChI=1S/C14H15NO3S/c1-11-5-3-4-6-14(11)19(16,17)15-12-7-9-13(18-2)10-8-12/h3-10,15H,1-2H3. The molecule has 0 radical (unpaired) electrons. The highest BCUT2D eigenvalue weighted by atomic mass is 32.2. The topological polar surface area (TPSA) is 55.4 Å². The fourth-order valence-electron chi connectivity index (χ4n) is 1.73. The van der Waals surface area contributed by atoms with E-state index in [1.54, 1.807) is 56.5 Å². The van der Waals surface area contributed by atoms with Crippen LogP contribution >= 0.6 is 0 Å². The van der Waals surface area contributed by atoms with Crippen LogP contribution in [0.25, 0.3) is 0 Å². The molecule has 2 aromatic carbocycles. The average molecular weight is 277 g/mol. The molecule has 0 unspecified atom stereocenters. The van der Waals surface area contributed by atoms with Crippen molar-refractivity contribution in [3.05, 3.63) is 54.1 Å². The first-order chi connectivity index (χ1) is 9.03. The third-order valence-electron chi connectivity index (χ3n) is 2.73. The summed E-state index contributed by atoms with van der Waals surface area (Å²) in [5, 5.41) is 0. The van der Waals surface area contributed by atoms with Crippen LogP contribution in [-0.2, 0) is 10.0 Å². The molecule has 0 aliphatic rings. The molecule has 2 rings (SSSR count). The van der Waals surface area contributed by atoms with E-state index in [4.69, 9.17) is 4.74 Å². The number of aryl methyl sites for hydroxylation is 1. The minimum atomic E-state index is -3.55. The van der Waals surface area contributed by atoms with Crippen molar-refractivity contribution in [3.63, 3.8) is 0 Å². The van der Waals surface area contributed by atoms with Crippen LogP contribution < -0.4 is 9.46 Å². The van der Waals surface area contributed by atoms with E-state index in [1.165, 1.54) is 0 Å². The van der Waals surface area contributed by atoms with E-state index in [0.29, 0.717) is 17.0 Å². The summed E-state index contributed by atoms with van der Waals surface area (Å²) in [6.45, 7) is 1.77. The number of benzene rings is 2. The Balaban J connectivity index is 2.28. The molecular weight excluding hydrogens is 262 g/mol. The number of rotatable bonds is 4. The van der Waals surface area contributed by atoms with Gasteiger partial charge in [-0.05, 0) is 42.8 Å². The van der Waals surface area contributed by atoms with Crippen LogP contribution in [0.2, 0.25) is 0 Å². The van der Waals surface area contributed by atoms with Gasteiger partial charge in [0.25, 0.3) is 10.0 Å². The van der Waals surface area contributed by atoms with Gasteiger partial charge in [0, 0.05) is 5.69 Å². The van der Waals surface area contributed by atoms with Gasteiger partial charge in [0.1, 0.15) is 5.75 Å². The molecule has 19 heavy (non-hydrogen) atoms. The Morgan fingerprint density at radius 3 is 2.21 bits per heavy atom. The smallest absolute Gasteiger partial charge is 0.262 e. The summed E-state index contributed by atoms with van der Waals surface area (Å²) in [4.78, 5) is 0.283. The lowest BCUT2D eigenvalue weighted by Crippen LogP contribution is -2.14. The zero-order valence-corrected chi connectivity index (χ0v) is 11.6. The second kappa shape index (κ2) is 5.32. The predicted octanol–water partition coefficient (Wildman–Crippen LogP) is 2.80. The number of sulfonamides is 1. The Morgan fingerprint density at radius 1 is 1.00 bits per heavy atom. The van der Waals surface area contributed by atoms with Gasteiger partial charge in [0.15, 0.2) is 0 Å². The molecule has 0 aromatic heterocycles. The van der Waals surface area contributed by atoms with Crippen molar-refractivity contribution in [1.82, 2.24) is 0 Å². The third kappa shape index (κ3) is 3.06. The summed E-state index contributed by atoms with van der Waals surface area (Å²) in [7, 11) is -1.99. The SMILES string of the molecule is COc1ccc(NS(=O)(=O)c2ccccc2C)cc1. The highest BCUT2D eigenvalue weighted by Gasteiger charge is 2.16. The third-order valence-corrected chi connectivity index (χ3v) is 4.27. The Hall–Kier alpha value is -2.01. The van der Waals surface area contributed by atoms with E-state index < -0.39 is 10.0 Å². The van der Waals surface area contributed by atoms with Crippen molar-refractivity contribution in [2.24, 2.45) is 0 Å². The van der Waals surface area contributed by atoms with Crippen molar-refractivity contribution in [2.45, 2.75) is 11.8 Å². The number of hydrogen-bond donors (Lipinski definition) is 1. The van der Waals surface area contributed by atoms with Crippen LogP contribution in [0.4, 0.5) is 5.69 Å². The fourth-order valence-corrected chi connectivity index (χ4v) is 3.03. The number of ether oxygens (including phenoxy) is 1. The molecule has 0 aliphatic carbocycles. The maximum Gasteiger partial charge on any atom is 0.262 e. The molecule has 0 bridgehead atoms. The molecular formula is C14H15NO3S. The molecule has 4 nitrogen and oxygen atoms in total. The van der Waals surface area contributed by atoms with E-state index in [2.05, 4.69) is 4.72 Å². The van der Waals surface area contributed by atoms with E-state index in [1.807, 2.05) is 6.07 Å². The van der Waals surface area contributed by atoms with Gasteiger partial charge in [-0.25, -0.2) is 8.42 Å². The van der Waals surface area contributed by atoms with Crippen molar-refractivity contribution < 1.29 is 13.2 Å². The minimum absolute atomic E-state index is 0.283. The van der Waals surface area contributed by atoms with Crippen LogP contribution in [0.3, 0.4) is 0 Å². The van der Waals surface area contributed by atoms with E-state index >= 15 is 0 Å². The predicted molar refractivity (Wildman–Crippen MR) is 75.0 cm³/mol. The van der Waals surface area contributed by atoms with Gasteiger partial charge in [-0.15, -0.1) is 0 Å². The van der Waals surface area contributed by atoms with Gasteiger partial charge in [-0.2, -0.15) is 0 Å². The maximum atomic E-state index is 12.2. The zero-order valence-electron chi connectivity index (χ0n) is 10.8. The summed E-state index contributed by atoms with van der Waals surface area (Å²) in [5.74, 6) is 0.679. The first-order valence-electron chi connectivity index (χ1n) is 5.75. The average Bonchev–Trinajstić information content (AvgIpc) is 2.39.